The van der Waals surface area contributed by atoms with Crippen molar-refractivity contribution in [3.8, 4) is 0 Å². The molecule has 0 radical (unpaired) electrons. The van der Waals surface area contributed by atoms with E-state index in [0.29, 0.717) is 0 Å². The quantitative estimate of drug-likeness (QED) is 0.867. The van der Waals surface area contributed by atoms with E-state index in [9.17, 15) is 0 Å². The van der Waals surface area contributed by atoms with Crippen molar-refractivity contribution in [3.63, 3.8) is 0 Å². The zero-order chi connectivity index (χ0) is 12.8. The van der Waals surface area contributed by atoms with Crippen molar-refractivity contribution in [1.82, 2.24) is 9.88 Å². The lowest BCUT2D eigenvalue weighted by Gasteiger charge is -2.20. The zero-order valence-electron chi connectivity index (χ0n) is 10.6. The molecule has 2 N–H and O–H groups in total. The minimum Gasteiger partial charge on any atom is -0.322 e. The Labute approximate surface area is 112 Å². The highest BCUT2D eigenvalue weighted by atomic mass is 32.1. The molecular weight excluding hydrogens is 242 g/mol. The molecule has 1 atom stereocenters. The van der Waals surface area contributed by atoms with Crippen molar-refractivity contribution in [2.24, 2.45) is 5.73 Å². The molecule has 2 rings (SSSR count). The maximum absolute atomic E-state index is 6.16. The van der Waals surface area contributed by atoms with Gasteiger partial charge in [0.05, 0.1) is 6.04 Å². The Morgan fingerprint density at radius 1 is 1.33 bits per heavy atom. The van der Waals surface area contributed by atoms with Crippen LogP contribution in [0.5, 0.6) is 0 Å². The second-order valence-electron chi connectivity index (χ2n) is 4.46. The van der Waals surface area contributed by atoms with Gasteiger partial charge in [0.2, 0.25) is 0 Å². The Balaban J connectivity index is 1.77. The highest BCUT2D eigenvalue weighted by Gasteiger charge is 2.10. The molecule has 4 heteroatoms. The van der Waals surface area contributed by atoms with Crippen molar-refractivity contribution in [2.45, 2.75) is 12.5 Å². The van der Waals surface area contributed by atoms with Crippen LogP contribution in [-0.2, 0) is 6.42 Å². The third-order valence-electron chi connectivity index (χ3n) is 2.89. The molecule has 96 valence electrons. The standard InChI is InChI=1S/C14H19N3S/c1-17(9-7-12-5-2-3-8-16-12)11-13(15)14-6-4-10-18-14/h2-6,8,10,13H,7,9,11,15H2,1H3. The van der Waals surface area contributed by atoms with Gasteiger partial charge in [0.15, 0.2) is 0 Å². The first kappa shape index (κ1) is 13.2. The summed E-state index contributed by atoms with van der Waals surface area (Å²) in [6, 6.07) is 10.3. The van der Waals surface area contributed by atoms with Crippen molar-refractivity contribution in [2.75, 3.05) is 20.1 Å². The van der Waals surface area contributed by atoms with Gasteiger partial charge in [0.25, 0.3) is 0 Å². The Bertz CT molecular complexity index is 441. The monoisotopic (exact) mass is 261 g/mol. The van der Waals surface area contributed by atoms with E-state index in [1.165, 1.54) is 4.88 Å². The lowest BCUT2D eigenvalue weighted by molar-refractivity contribution is 0.317. The number of nitrogens with zero attached hydrogens (tertiary/aromatic N) is 2. The molecule has 0 aliphatic rings. The Hall–Kier alpha value is -1.23. The van der Waals surface area contributed by atoms with E-state index < -0.39 is 0 Å². The fourth-order valence-electron chi connectivity index (χ4n) is 1.87. The summed E-state index contributed by atoms with van der Waals surface area (Å²) in [5.74, 6) is 0. The molecule has 0 amide bonds. The SMILES string of the molecule is CN(CCc1ccccn1)CC(N)c1cccs1. The maximum atomic E-state index is 6.16. The third-order valence-corrected chi connectivity index (χ3v) is 3.90. The number of aromatic nitrogens is 1. The fourth-order valence-corrected chi connectivity index (χ4v) is 2.59. The van der Waals surface area contributed by atoms with E-state index in [0.717, 1.165) is 25.2 Å². The number of rotatable bonds is 6. The van der Waals surface area contributed by atoms with Crippen molar-refractivity contribution < 1.29 is 0 Å². The summed E-state index contributed by atoms with van der Waals surface area (Å²) in [6.45, 7) is 1.86. The van der Waals surface area contributed by atoms with Gasteiger partial charge in [-0.1, -0.05) is 12.1 Å². The third kappa shape index (κ3) is 3.91. The van der Waals surface area contributed by atoms with Crippen LogP contribution in [0.15, 0.2) is 41.9 Å². The maximum Gasteiger partial charge on any atom is 0.0518 e. The lowest BCUT2D eigenvalue weighted by atomic mass is 10.2. The van der Waals surface area contributed by atoms with Gasteiger partial charge >= 0.3 is 0 Å². The Kier molecular flexibility index (Phi) is 4.87. The number of hydrogen-bond acceptors (Lipinski definition) is 4. The highest BCUT2D eigenvalue weighted by molar-refractivity contribution is 7.10. The van der Waals surface area contributed by atoms with Crippen LogP contribution < -0.4 is 5.73 Å². The van der Waals surface area contributed by atoms with E-state index in [-0.39, 0.29) is 6.04 Å². The Morgan fingerprint density at radius 2 is 2.22 bits per heavy atom. The minimum absolute atomic E-state index is 0.110. The molecule has 0 spiro atoms. The molecule has 2 heterocycles. The highest BCUT2D eigenvalue weighted by Crippen LogP contribution is 2.17. The van der Waals surface area contributed by atoms with Crippen LogP contribution >= 0.6 is 11.3 Å². The van der Waals surface area contributed by atoms with Gasteiger partial charge in [0.1, 0.15) is 0 Å². The van der Waals surface area contributed by atoms with E-state index in [2.05, 4.69) is 34.4 Å². The molecule has 1 unspecified atom stereocenters. The van der Waals surface area contributed by atoms with Crippen LogP contribution in [0.25, 0.3) is 0 Å². The molecule has 18 heavy (non-hydrogen) atoms. The average molecular weight is 261 g/mol. The van der Waals surface area contributed by atoms with Crippen LogP contribution in [-0.4, -0.2) is 30.0 Å². The molecule has 0 saturated carbocycles. The molecule has 0 saturated heterocycles. The molecule has 0 bridgehead atoms. The summed E-state index contributed by atoms with van der Waals surface area (Å²) >= 11 is 1.72. The lowest BCUT2D eigenvalue weighted by Crippen LogP contribution is -2.30. The first-order chi connectivity index (χ1) is 8.75. The van der Waals surface area contributed by atoms with Gasteiger partial charge < -0.3 is 10.6 Å². The molecule has 0 aliphatic carbocycles. The normalized spacial score (nSPS) is 12.8. The summed E-state index contributed by atoms with van der Waals surface area (Å²) in [5.41, 5.74) is 7.30. The fraction of sp³-hybridized carbons (Fsp3) is 0.357. The first-order valence-corrected chi connectivity index (χ1v) is 7.01. The number of hydrogen-bond donors (Lipinski definition) is 1. The van der Waals surface area contributed by atoms with Crippen molar-refractivity contribution in [3.05, 3.63) is 52.5 Å². The molecular formula is C14H19N3S. The van der Waals surface area contributed by atoms with Gasteiger partial charge in [0, 0.05) is 36.3 Å². The van der Waals surface area contributed by atoms with E-state index >= 15 is 0 Å². The van der Waals surface area contributed by atoms with Gasteiger partial charge in [-0.3, -0.25) is 4.98 Å². The first-order valence-electron chi connectivity index (χ1n) is 6.13. The second kappa shape index (κ2) is 6.64. The predicted octanol–water partition coefficient (Wildman–Crippen LogP) is 2.32. The van der Waals surface area contributed by atoms with Crippen LogP contribution in [0.2, 0.25) is 0 Å². The largest absolute Gasteiger partial charge is 0.322 e. The number of thiophene rings is 1. The predicted molar refractivity (Wildman–Crippen MR) is 76.7 cm³/mol. The van der Waals surface area contributed by atoms with Crippen molar-refractivity contribution in [1.29, 1.82) is 0 Å². The van der Waals surface area contributed by atoms with E-state index in [1.807, 2.05) is 24.4 Å². The number of likely N-dealkylation sites (N-methyl/N-ethyl adjacent to an activating group) is 1. The molecule has 0 fully saturated rings. The molecule has 3 nitrogen and oxygen atoms in total. The summed E-state index contributed by atoms with van der Waals surface area (Å²) < 4.78 is 0. The summed E-state index contributed by atoms with van der Waals surface area (Å²) in [4.78, 5) is 7.84. The summed E-state index contributed by atoms with van der Waals surface area (Å²) in [7, 11) is 2.11. The van der Waals surface area contributed by atoms with Gasteiger partial charge in [-0.15, -0.1) is 11.3 Å². The van der Waals surface area contributed by atoms with E-state index in [1.54, 1.807) is 11.3 Å². The second-order valence-corrected chi connectivity index (χ2v) is 5.43. The topological polar surface area (TPSA) is 42.2 Å². The summed E-state index contributed by atoms with van der Waals surface area (Å²) in [6.07, 6.45) is 2.81. The molecule has 0 aliphatic heterocycles. The van der Waals surface area contributed by atoms with Crippen LogP contribution in [0, 0.1) is 0 Å². The molecule has 2 aromatic rings. The number of pyridine rings is 1. The number of nitrogens with two attached hydrogens (primary N) is 1. The summed E-state index contributed by atoms with van der Waals surface area (Å²) in [5, 5.41) is 2.07. The smallest absolute Gasteiger partial charge is 0.0518 e. The molecule has 2 aromatic heterocycles. The van der Waals surface area contributed by atoms with Crippen molar-refractivity contribution >= 4 is 11.3 Å². The van der Waals surface area contributed by atoms with Gasteiger partial charge in [-0.05, 0) is 30.6 Å². The minimum atomic E-state index is 0.110. The average Bonchev–Trinajstić information content (AvgIpc) is 2.91. The van der Waals surface area contributed by atoms with Gasteiger partial charge in [-0.25, -0.2) is 0 Å². The van der Waals surface area contributed by atoms with Crippen LogP contribution in [0.1, 0.15) is 16.6 Å². The van der Waals surface area contributed by atoms with Crippen LogP contribution in [0.4, 0.5) is 0 Å². The van der Waals surface area contributed by atoms with Crippen LogP contribution in [0.3, 0.4) is 0 Å². The van der Waals surface area contributed by atoms with E-state index in [4.69, 9.17) is 5.73 Å². The molecule has 0 aromatic carbocycles. The zero-order valence-corrected chi connectivity index (χ0v) is 11.4. The van der Waals surface area contributed by atoms with Gasteiger partial charge in [-0.2, -0.15) is 0 Å². The Morgan fingerprint density at radius 3 is 2.89 bits per heavy atom.